The zero-order valence-electron chi connectivity index (χ0n) is 25.6. The SMILES string of the molecule is C[C@H]1CNC[C@H](CCc2c(F)cccc2NC(=O)[C@H]([C@@H](c2ccc(Cl)cc2)C2CCOCC2)N(C)C(=O)O)N1S(=O)(=O)C1CC1. The summed E-state index contributed by atoms with van der Waals surface area (Å²) in [6, 6.07) is 9.74. The predicted molar refractivity (Wildman–Crippen MR) is 171 cm³/mol. The highest BCUT2D eigenvalue weighted by Gasteiger charge is 2.46. The molecule has 0 aromatic heterocycles. The van der Waals surface area contributed by atoms with Crippen LogP contribution < -0.4 is 10.6 Å². The van der Waals surface area contributed by atoms with Gasteiger partial charge in [-0.2, -0.15) is 4.31 Å². The molecule has 0 unspecified atom stereocenters. The molecule has 10 nitrogen and oxygen atoms in total. The average molecular weight is 665 g/mol. The number of nitrogens with one attached hydrogen (secondary N) is 2. The topological polar surface area (TPSA) is 128 Å². The minimum absolute atomic E-state index is 0.0513. The Morgan fingerprint density at radius 2 is 1.82 bits per heavy atom. The molecule has 2 heterocycles. The van der Waals surface area contributed by atoms with Crippen LogP contribution in [0.25, 0.3) is 0 Å². The van der Waals surface area contributed by atoms with Crippen molar-refractivity contribution in [3.63, 3.8) is 0 Å². The largest absolute Gasteiger partial charge is 0.465 e. The zero-order chi connectivity index (χ0) is 32.3. The minimum Gasteiger partial charge on any atom is -0.465 e. The molecule has 2 aromatic carbocycles. The van der Waals surface area contributed by atoms with Crippen LogP contribution in [0.5, 0.6) is 0 Å². The van der Waals surface area contributed by atoms with Crippen molar-refractivity contribution in [3.8, 4) is 0 Å². The van der Waals surface area contributed by atoms with Crippen molar-refractivity contribution < 1.29 is 32.2 Å². The number of nitrogens with zero attached hydrogens (tertiary/aromatic N) is 2. The number of rotatable bonds is 11. The summed E-state index contributed by atoms with van der Waals surface area (Å²) in [5, 5.41) is 16.4. The molecule has 1 aliphatic carbocycles. The standard InChI is InChI=1S/C32H42ClFN4O6S/c1-20-18-35-19-24(38(20)45(42,43)25-11-12-25)10-13-26-27(34)4-3-5-28(26)36-31(39)30(37(2)32(40)41)29(22-14-16-44-17-15-22)21-6-8-23(33)9-7-21/h3-9,20,22,24-25,29-30,35H,10-19H2,1-2H3,(H,36,39)(H,40,41)/t20-,24-,29-,30-/m0/s1. The van der Waals surface area contributed by atoms with Crippen molar-refractivity contribution in [3.05, 3.63) is 64.4 Å². The number of piperazine rings is 1. The number of ether oxygens (including phenoxy) is 1. The summed E-state index contributed by atoms with van der Waals surface area (Å²) in [4.78, 5) is 27.5. The highest BCUT2D eigenvalue weighted by molar-refractivity contribution is 7.90. The molecule has 2 aliphatic heterocycles. The Labute approximate surface area is 269 Å². The number of carbonyl (C=O) groups is 2. The van der Waals surface area contributed by atoms with Gasteiger partial charge in [-0.1, -0.05) is 29.8 Å². The number of amides is 2. The van der Waals surface area contributed by atoms with Gasteiger partial charge < -0.3 is 20.5 Å². The number of carboxylic acid groups (broad SMARTS) is 1. The summed E-state index contributed by atoms with van der Waals surface area (Å²) in [5.41, 5.74) is 1.26. The monoisotopic (exact) mass is 664 g/mol. The van der Waals surface area contributed by atoms with Crippen LogP contribution in [0.3, 0.4) is 0 Å². The maximum atomic E-state index is 15.4. The molecular formula is C32H42ClFN4O6S. The lowest BCUT2D eigenvalue weighted by Crippen LogP contribution is -2.59. The van der Waals surface area contributed by atoms with Crippen LogP contribution in [0.2, 0.25) is 5.02 Å². The molecule has 5 rings (SSSR count). The maximum Gasteiger partial charge on any atom is 0.407 e. The number of hydrogen-bond acceptors (Lipinski definition) is 6. The minimum atomic E-state index is -3.46. The first-order chi connectivity index (χ1) is 21.5. The molecule has 45 heavy (non-hydrogen) atoms. The first kappa shape index (κ1) is 33.6. The molecule has 2 amide bonds. The van der Waals surface area contributed by atoms with E-state index in [0.717, 1.165) is 10.5 Å². The molecule has 3 fully saturated rings. The van der Waals surface area contributed by atoms with E-state index in [4.69, 9.17) is 16.3 Å². The van der Waals surface area contributed by atoms with E-state index in [9.17, 15) is 23.1 Å². The van der Waals surface area contributed by atoms with E-state index in [0.29, 0.717) is 63.4 Å². The van der Waals surface area contributed by atoms with Crippen molar-refractivity contribution in [1.29, 1.82) is 0 Å². The molecular weight excluding hydrogens is 623 g/mol. The molecule has 246 valence electrons. The van der Waals surface area contributed by atoms with Crippen molar-refractivity contribution in [2.24, 2.45) is 5.92 Å². The third kappa shape index (κ3) is 7.62. The van der Waals surface area contributed by atoms with E-state index in [1.807, 2.05) is 19.1 Å². The van der Waals surface area contributed by atoms with Gasteiger partial charge >= 0.3 is 6.09 Å². The lowest BCUT2D eigenvalue weighted by atomic mass is 9.76. The second-order valence-electron chi connectivity index (χ2n) is 12.4. The summed E-state index contributed by atoms with van der Waals surface area (Å²) in [6.45, 7) is 3.87. The van der Waals surface area contributed by atoms with Gasteiger partial charge in [0.25, 0.3) is 0 Å². The Kier molecular flexibility index (Phi) is 10.7. The lowest BCUT2D eigenvalue weighted by Gasteiger charge is -2.40. The van der Waals surface area contributed by atoms with E-state index >= 15 is 4.39 Å². The van der Waals surface area contributed by atoms with Gasteiger partial charge in [-0.05, 0) is 81.2 Å². The summed E-state index contributed by atoms with van der Waals surface area (Å²) in [6.07, 6.45) is 1.86. The van der Waals surface area contributed by atoms with Crippen molar-refractivity contribution in [2.75, 3.05) is 38.7 Å². The first-order valence-corrected chi connectivity index (χ1v) is 17.5. The van der Waals surface area contributed by atoms with E-state index in [1.165, 1.54) is 19.2 Å². The highest BCUT2D eigenvalue weighted by atomic mass is 35.5. The zero-order valence-corrected chi connectivity index (χ0v) is 27.2. The number of hydrogen-bond donors (Lipinski definition) is 3. The summed E-state index contributed by atoms with van der Waals surface area (Å²) in [7, 11) is -2.09. The molecule has 1 saturated carbocycles. The van der Waals surface area contributed by atoms with Crippen LogP contribution in [-0.4, -0.2) is 91.5 Å². The third-order valence-corrected chi connectivity index (χ3v) is 12.1. The molecule has 3 aliphatic rings. The van der Waals surface area contributed by atoms with Crippen LogP contribution in [0.4, 0.5) is 14.9 Å². The average Bonchev–Trinajstić information content (AvgIpc) is 3.87. The first-order valence-electron chi connectivity index (χ1n) is 15.6. The van der Waals surface area contributed by atoms with Gasteiger partial charge in [-0.15, -0.1) is 0 Å². The van der Waals surface area contributed by atoms with Gasteiger partial charge in [-0.3, -0.25) is 9.69 Å². The molecule has 0 bridgehead atoms. The fourth-order valence-corrected chi connectivity index (χ4v) is 9.22. The van der Waals surface area contributed by atoms with E-state index < -0.39 is 39.8 Å². The molecule has 0 spiro atoms. The fraction of sp³-hybridized carbons (Fsp3) is 0.562. The van der Waals surface area contributed by atoms with Gasteiger partial charge in [0.1, 0.15) is 11.9 Å². The van der Waals surface area contributed by atoms with Crippen molar-refractivity contribution in [1.82, 2.24) is 14.5 Å². The van der Waals surface area contributed by atoms with Gasteiger partial charge in [0.05, 0.1) is 5.25 Å². The van der Waals surface area contributed by atoms with Gasteiger partial charge in [0.15, 0.2) is 0 Å². The van der Waals surface area contributed by atoms with Crippen LogP contribution in [0, 0.1) is 11.7 Å². The van der Waals surface area contributed by atoms with Gasteiger partial charge in [-0.25, -0.2) is 17.6 Å². The smallest absolute Gasteiger partial charge is 0.407 e. The molecule has 13 heteroatoms. The van der Waals surface area contributed by atoms with E-state index in [2.05, 4.69) is 10.6 Å². The van der Waals surface area contributed by atoms with Crippen molar-refractivity contribution >= 4 is 39.3 Å². The molecule has 2 aromatic rings. The highest BCUT2D eigenvalue weighted by Crippen LogP contribution is 2.39. The van der Waals surface area contributed by atoms with Crippen LogP contribution in [-0.2, 0) is 26.0 Å². The third-order valence-electron chi connectivity index (χ3n) is 9.31. The Morgan fingerprint density at radius 3 is 2.47 bits per heavy atom. The number of halogens is 2. The van der Waals surface area contributed by atoms with Crippen molar-refractivity contribution in [2.45, 2.75) is 74.7 Å². The van der Waals surface area contributed by atoms with E-state index in [-0.39, 0.29) is 40.9 Å². The normalized spacial score (nSPS) is 22.8. The predicted octanol–water partition coefficient (Wildman–Crippen LogP) is 4.69. The molecule has 0 radical (unpaired) electrons. The second kappa shape index (κ2) is 14.3. The quantitative estimate of drug-likeness (QED) is 0.318. The summed E-state index contributed by atoms with van der Waals surface area (Å²) in [5.74, 6) is -1.67. The Morgan fingerprint density at radius 1 is 1.13 bits per heavy atom. The number of sulfonamides is 1. The van der Waals surface area contributed by atoms with Crippen LogP contribution in [0.15, 0.2) is 42.5 Å². The lowest BCUT2D eigenvalue weighted by molar-refractivity contribution is -0.122. The second-order valence-corrected chi connectivity index (χ2v) is 14.9. The Balaban J connectivity index is 1.42. The summed E-state index contributed by atoms with van der Waals surface area (Å²) < 4.78 is 49.1. The number of benzene rings is 2. The Hall–Kier alpha value is -2.77. The number of anilines is 1. The molecule has 4 atom stereocenters. The maximum absolute atomic E-state index is 15.4. The molecule has 3 N–H and O–H groups in total. The number of likely N-dealkylation sites (N-methyl/N-ethyl adjacent to an activating group) is 1. The van der Waals surface area contributed by atoms with Crippen LogP contribution >= 0.6 is 11.6 Å². The van der Waals surface area contributed by atoms with E-state index in [1.54, 1.807) is 22.5 Å². The summed E-state index contributed by atoms with van der Waals surface area (Å²) >= 11 is 6.16. The van der Waals surface area contributed by atoms with Gasteiger partial charge in [0.2, 0.25) is 15.9 Å². The molecule has 2 saturated heterocycles. The fourth-order valence-electron chi connectivity index (χ4n) is 6.84. The van der Waals surface area contributed by atoms with Crippen LogP contribution in [0.1, 0.15) is 56.1 Å². The van der Waals surface area contributed by atoms with Gasteiger partial charge in [0, 0.05) is 67.6 Å². The Bertz CT molecular complexity index is 1470. The number of carbonyl (C=O) groups excluding carboxylic acids is 1.